The summed E-state index contributed by atoms with van der Waals surface area (Å²) in [6.07, 6.45) is 0. The first-order chi connectivity index (χ1) is 6.34. The van der Waals surface area contributed by atoms with Gasteiger partial charge in [0.05, 0.1) is 6.54 Å². The van der Waals surface area contributed by atoms with Gasteiger partial charge in [0.15, 0.2) is 5.82 Å². The van der Waals surface area contributed by atoms with Gasteiger partial charge in [-0.2, -0.15) is 4.98 Å². The molecule has 7 heteroatoms. The SMILES string of the molecule is Cc1nc(CN2CCNCC2)no1.Cl.Cl. The Hall–Kier alpha value is -0.360. The van der Waals surface area contributed by atoms with Crippen LogP contribution in [0.4, 0.5) is 0 Å². The normalized spacial score (nSPS) is 16.6. The standard InChI is InChI=1S/C8H14N4O.2ClH/c1-7-10-8(11-13-7)6-12-4-2-9-3-5-12;;/h9H,2-6H2,1H3;2*1H. The van der Waals surface area contributed by atoms with Crippen LogP contribution >= 0.6 is 24.8 Å². The maximum atomic E-state index is 4.90. The Kier molecular flexibility index (Phi) is 6.84. The second-order valence-electron chi connectivity index (χ2n) is 3.26. The van der Waals surface area contributed by atoms with Crippen LogP contribution < -0.4 is 5.32 Å². The number of aryl methyl sites for hydroxylation is 1. The van der Waals surface area contributed by atoms with E-state index in [1.54, 1.807) is 0 Å². The van der Waals surface area contributed by atoms with Crippen molar-refractivity contribution in [3.63, 3.8) is 0 Å². The summed E-state index contributed by atoms with van der Waals surface area (Å²) in [5.41, 5.74) is 0. The Morgan fingerprint density at radius 1 is 1.33 bits per heavy atom. The molecule has 0 unspecified atom stereocenters. The zero-order valence-electron chi connectivity index (χ0n) is 8.60. The first kappa shape index (κ1) is 14.6. The molecule has 1 aliphatic heterocycles. The molecular formula is C8H16Cl2N4O. The predicted molar refractivity (Wildman–Crippen MR) is 61.7 cm³/mol. The summed E-state index contributed by atoms with van der Waals surface area (Å²) in [6, 6.07) is 0. The Labute approximate surface area is 101 Å². The van der Waals surface area contributed by atoms with Crippen LogP contribution in [0.25, 0.3) is 0 Å². The van der Waals surface area contributed by atoms with Gasteiger partial charge < -0.3 is 9.84 Å². The second kappa shape index (κ2) is 7.00. The van der Waals surface area contributed by atoms with Crippen molar-refractivity contribution in [3.8, 4) is 0 Å². The van der Waals surface area contributed by atoms with E-state index in [9.17, 15) is 0 Å². The van der Waals surface area contributed by atoms with Crippen molar-refractivity contribution < 1.29 is 4.52 Å². The monoisotopic (exact) mass is 254 g/mol. The van der Waals surface area contributed by atoms with Crippen molar-refractivity contribution in [2.45, 2.75) is 13.5 Å². The average molecular weight is 255 g/mol. The zero-order chi connectivity index (χ0) is 9.10. The van der Waals surface area contributed by atoms with E-state index in [-0.39, 0.29) is 24.8 Å². The van der Waals surface area contributed by atoms with Gasteiger partial charge in [0.25, 0.3) is 0 Å². The molecule has 1 aromatic heterocycles. The summed E-state index contributed by atoms with van der Waals surface area (Å²) in [5.74, 6) is 1.43. The molecular weight excluding hydrogens is 239 g/mol. The van der Waals surface area contributed by atoms with Crippen molar-refractivity contribution in [1.29, 1.82) is 0 Å². The maximum absolute atomic E-state index is 4.90. The van der Waals surface area contributed by atoms with Crippen molar-refractivity contribution in [3.05, 3.63) is 11.7 Å². The molecule has 15 heavy (non-hydrogen) atoms. The van der Waals surface area contributed by atoms with E-state index in [4.69, 9.17) is 4.52 Å². The number of aromatic nitrogens is 2. The van der Waals surface area contributed by atoms with Crippen molar-refractivity contribution in [1.82, 2.24) is 20.4 Å². The second-order valence-corrected chi connectivity index (χ2v) is 3.26. The van der Waals surface area contributed by atoms with Crippen LogP contribution in [0.15, 0.2) is 4.52 Å². The Morgan fingerprint density at radius 2 is 2.00 bits per heavy atom. The maximum Gasteiger partial charge on any atom is 0.223 e. The lowest BCUT2D eigenvalue weighted by Crippen LogP contribution is -2.43. The van der Waals surface area contributed by atoms with Gasteiger partial charge in [-0.25, -0.2) is 0 Å². The molecule has 0 spiro atoms. The lowest BCUT2D eigenvalue weighted by Gasteiger charge is -2.25. The third kappa shape index (κ3) is 4.34. The van der Waals surface area contributed by atoms with E-state index in [1.165, 1.54) is 0 Å². The highest BCUT2D eigenvalue weighted by Gasteiger charge is 2.12. The molecule has 0 atom stereocenters. The molecule has 0 radical (unpaired) electrons. The van der Waals surface area contributed by atoms with Crippen molar-refractivity contribution >= 4 is 24.8 Å². The molecule has 0 bridgehead atoms. The molecule has 1 fully saturated rings. The van der Waals surface area contributed by atoms with Crippen LogP contribution in [0.1, 0.15) is 11.7 Å². The molecule has 88 valence electrons. The van der Waals surface area contributed by atoms with Gasteiger partial charge in [0.2, 0.25) is 5.89 Å². The fraction of sp³-hybridized carbons (Fsp3) is 0.750. The molecule has 1 saturated heterocycles. The molecule has 0 amide bonds. The quantitative estimate of drug-likeness (QED) is 0.839. The molecule has 1 aromatic rings. The van der Waals surface area contributed by atoms with Gasteiger partial charge in [0, 0.05) is 33.1 Å². The first-order valence-electron chi connectivity index (χ1n) is 4.57. The van der Waals surface area contributed by atoms with Gasteiger partial charge in [0.1, 0.15) is 0 Å². The number of rotatable bonds is 2. The third-order valence-corrected chi connectivity index (χ3v) is 2.14. The number of nitrogens with zero attached hydrogens (tertiary/aromatic N) is 3. The molecule has 2 rings (SSSR count). The lowest BCUT2D eigenvalue weighted by atomic mass is 10.3. The largest absolute Gasteiger partial charge is 0.340 e. The molecule has 2 heterocycles. The van der Waals surface area contributed by atoms with Crippen LogP contribution in [0.2, 0.25) is 0 Å². The summed E-state index contributed by atoms with van der Waals surface area (Å²) in [4.78, 5) is 6.49. The van der Waals surface area contributed by atoms with Crippen molar-refractivity contribution in [2.75, 3.05) is 26.2 Å². The molecule has 0 saturated carbocycles. The summed E-state index contributed by atoms with van der Waals surface area (Å²) in [7, 11) is 0. The molecule has 5 nitrogen and oxygen atoms in total. The van der Waals surface area contributed by atoms with Crippen LogP contribution in [0.3, 0.4) is 0 Å². The fourth-order valence-corrected chi connectivity index (χ4v) is 1.47. The van der Waals surface area contributed by atoms with Gasteiger partial charge >= 0.3 is 0 Å². The summed E-state index contributed by atoms with van der Waals surface area (Å²) in [5, 5.41) is 7.16. The van der Waals surface area contributed by atoms with E-state index < -0.39 is 0 Å². The minimum Gasteiger partial charge on any atom is -0.340 e. The Balaban J connectivity index is 0.000000980. The highest BCUT2D eigenvalue weighted by atomic mass is 35.5. The van der Waals surface area contributed by atoms with Gasteiger partial charge in [-0.05, 0) is 0 Å². The van der Waals surface area contributed by atoms with E-state index in [2.05, 4.69) is 20.4 Å². The molecule has 1 N–H and O–H groups in total. The van der Waals surface area contributed by atoms with Gasteiger partial charge in [-0.1, -0.05) is 5.16 Å². The molecule has 0 aromatic carbocycles. The Bertz CT molecular complexity index is 275. The number of nitrogens with one attached hydrogen (secondary N) is 1. The number of hydrogen-bond acceptors (Lipinski definition) is 5. The number of halogens is 2. The number of hydrogen-bond donors (Lipinski definition) is 1. The van der Waals surface area contributed by atoms with E-state index >= 15 is 0 Å². The minimum absolute atomic E-state index is 0. The Morgan fingerprint density at radius 3 is 2.53 bits per heavy atom. The highest BCUT2D eigenvalue weighted by Crippen LogP contribution is 2.01. The average Bonchev–Trinajstić information content (AvgIpc) is 2.53. The minimum atomic E-state index is 0. The molecule has 0 aliphatic carbocycles. The van der Waals surface area contributed by atoms with Gasteiger partial charge in [-0.15, -0.1) is 24.8 Å². The van der Waals surface area contributed by atoms with Crippen LogP contribution in [0, 0.1) is 6.92 Å². The molecule has 1 aliphatic rings. The lowest BCUT2D eigenvalue weighted by molar-refractivity contribution is 0.224. The number of piperazine rings is 1. The van der Waals surface area contributed by atoms with Crippen LogP contribution in [-0.4, -0.2) is 41.2 Å². The first-order valence-corrected chi connectivity index (χ1v) is 4.57. The highest BCUT2D eigenvalue weighted by molar-refractivity contribution is 5.85. The summed E-state index contributed by atoms with van der Waals surface area (Å²) >= 11 is 0. The van der Waals surface area contributed by atoms with E-state index in [1.807, 2.05) is 6.92 Å². The van der Waals surface area contributed by atoms with E-state index in [0.29, 0.717) is 5.89 Å². The van der Waals surface area contributed by atoms with Crippen LogP contribution in [-0.2, 0) is 6.54 Å². The van der Waals surface area contributed by atoms with Gasteiger partial charge in [-0.3, -0.25) is 4.90 Å². The fourth-order valence-electron chi connectivity index (χ4n) is 1.47. The smallest absolute Gasteiger partial charge is 0.223 e. The summed E-state index contributed by atoms with van der Waals surface area (Å²) < 4.78 is 4.90. The third-order valence-electron chi connectivity index (χ3n) is 2.14. The summed E-state index contributed by atoms with van der Waals surface area (Å²) in [6.45, 7) is 6.85. The van der Waals surface area contributed by atoms with E-state index in [0.717, 1.165) is 38.5 Å². The zero-order valence-corrected chi connectivity index (χ0v) is 10.2. The predicted octanol–water partition coefficient (Wildman–Crippen LogP) is 0.627. The topological polar surface area (TPSA) is 54.2 Å². The van der Waals surface area contributed by atoms with Crippen molar-refractivity contribution in [2.24, 2.45) is 0 Å². The van der Waals surface area contributed by atoms with Crippen LogP contribution in [0.5, 0.6) is 0 Å².